The second-order valence-corrected chi connectivity index (χ2v) is 7.67. The van der Waals surface area contributed by atoms with Crippen LogP contribution in [0.5, 0.6) is 5.75 Å². The van der Waals surface area contributed by atoms with Gasteiger partial charge < -0.3 is 13.9 Å². The standard InChI is InChI=1S/C25H22N4O3/c1-32-18-9-7-17(8-10-18)22-23(25(31)27-24(22)30)20-15-29(21-6-3-2-5-19(20)21)13-4-12-28-14-11-26-16-28/h2-3,5-11,14-16H,4,12-13H2,1H3,(H,27,30,31). The topological polar surface area (TPSA) is 78.2 Å². The van der Waals surface area contributed by atoms with Crippen molar-refractivity contribution in [3.8, 4) is 5.75 Å². The van der Waals surface area contributed by atoms with Crippen LogP contribution in [-0.4, -0.2) is 33.0 Å². The van der Waals surface area contributed by atoms with Crippen LogP contribution in [0.1, 0.15) is 17.5 Å². The molecule has 0 bridgehead atoms. The zero-order valence-electron chi connectivity index (χ0n) is 17.6. The largest absolute Gasteiger partial charge is 0.497 e. The zero-order chi connectivity index (χ0) is 22.1. The SMILES string of the molecule is COc1ccc(C2=C(c3cn(CCCn4ccnc4)c4ccccc34)C(=O)NC2=O)cc1. The first kappa shape index (κ1) is 19.8. The number of carbonyl (C=O) groups is 2. The molecule has 0 radical (unpaired) electrons. The van der Waals surface area contributed by atoms with E-state index in [0.29, 0.717) is 22.5 Å². The fraction of sp³-hybridized carbons (Fsp3) is 0.160. The number of benzene rings is 2. The van der Waals surface area contributed by atoms with Crippen molar-refractivity contribution < 1.29 is 14.3 Å². The molecule has 4 aromatic rings. The molecule has 2 aromatic heterocycles. The first-order valence-corrected chi connectivity index (χ1v) is 10.4. The molecular formula is C25H22N4O3. The summed E-state index contributed by atoms with van der Waals surface area (Å²) in [6, 6.07) is 15.1. The van der Waals surface area contributed by atoms with Crippen LogP contribution in [0.25, 0.3) is 22.0 Å². The van der Waals surface area contributed by atoms with Gasteiger partial charge in [-0.05, 0) is 30.2 Å². The van der Waals surface area contributed by atoms with Crippen LogP contribution in [0.2, 0.25) is 0 Å². The smallest absolute Gasteiger partial charge is 0.259 e. The maximum absolute atomic E-state index is 12.9. The number of para-hydroxylation sites is 1. The van der Waals surface area contributed by atoms with Gasteiger partial charge in [-0.3, -0.25) is 14.9 Å². The lowest BCUT2D eigenvalue weighted by molar-refractivity contribution is -0.122. The van der Waals surface area contributed by atoms with Gasteiger partial charge in [0.1, 0.15) is 5.75 Å². The molecule has 0 fully saturated rings. The molecule has 3 heterocycles. The van der Waals surface area contributed by atoms with Crippen molar-refractivity contribution >= 4 is 33.9 Å². The van der Waals surface area contributed by atoms with E-state index < -0.39 is 0 Å². The predicted octanol–water partition coefficient (Wildman–Crippen LogP) is 3.50. The Morgan fingerprint density at radius 1 is 0.969 bits per heavy atom. The normalized spacial score (nSPS) is 13.8. The highest BCUT2D eigenvalue weighted by atomic mass is 16.5. The molecule has 0 atom stereocenters. The average Bonchev–Trinajstić information content (AvgIpc) is 3.52. The van der Waals surface area contributed by atoms with E-state index in [9.17, 15) is 9.59 Å². The molecule has 1 N–H and O–H groups in total. The summed E-state index contributed by atoms with van der Waals surface area (Å²) in [5, 5.41) is 3.42. The second-order valence-electron chi connectivity index (χ2n) is 7.67. The number of aromatic nitrogens is 3. The number of fused-ring (bicyclic) bond motifs is 1. The molecule has 0 spiro atoms. The first-order valence-electron chi connectivity index (χ1n) is 10.4. The third-order valence-corrected chi connectivity index (χ3v) is 5.74. The van der Waals surface area contributed by atoms with Gasteiger partial charge in [-0.2, -0.15) is 0 Å². The van der Waals surface area contributed by atoms with Gasteiger partial charge in [0.15, 0.2) is 0 Å². The Morgan fingerprint density at radius 3 is 2.50 bits per heavy atom. The summed E-state index contributed by atoms with van der Waals surface area (Å²) < 4.78 is 9.41. The summed E-state index contributed by atoms with van der Waals surface area (Å²) in [6.07, 6.45) is 8.41. The Kier molecular flexibility index (Phi) is 5.07. The maximum Gasteiger partial charge on any atom is 0.259 e. The van der Waals surface area contributed by atoms with Crippen LogP contribution in [0.4, 0.5) is 0 Å². The molecule has 7 nitrogen and oxygen atoms in total. The quantitative estimate of drug-likeness (QED) is 0.459. The Balaban J connectivity index is 1.57. The molecule has 7 heteroatoms. The first-order chi connectivity index (χ1) is 15.7. The lowest BCUT2D eigenvalue weighted by atomic mass is 9.96. The van der Waals surface area contributed by atoms with Crippen molar-refractivity contribution in [1.29, 1.82) is 0 Å². The Bertz CT molecular complexity index is 1330. The molecule has 5 rings (SSSR count). The Hall–Kier alpha value is -4.13. The summed E-state index contributed by atoms with van der Waals surface area (Å²) >= 11 is 0. The van der Waals surface area contributed by atoms with Gasteiger partial charge in [0.05, 0.1) is 24.6 Å². The number of carbonyl (C=O) groups excluding carboxylic acids is 2. The fourth-order valence-electron chi connectivity index (χ4n) is 4.22. The van der Waals surface area contributed by atoms with E-state index in [1.165, 1.54) is 0 Å². The number of hydrogen-bond acceptors (Lipinski definition) is 4. The van der Waals surface area contributed by atoms with Crippen LogP contribution in [-0.2, 0) is 22.7 Å². The van der Waals surface area contributed by atoms with Crippen LogP contribution in [0, 0.1) is 0 Å². The summed E-state index contributed by atoms with van der Waals surface area (Å²) in [5.41, 5.74) is 3.27. The van der Waals surface area contributed by atoms with E-state index in [0.717, 1.165) is 36.0 Å². The number of methoxy groups -OCH3 is 1. The van der Waals surface area contributed by atoms with E-state index >= 15 is 0 Å². The fourth-order valence-corrected chi connectivity index (χ4v) is 4.22. The van der Waals surface area contributed by atoms with Crippen LogP contribution < -0.4 is 10.1 Å². The number of aryl methyl sites for hydroxylation is 2. The lowest BCUT2D eigenvalue weighted by Crippen LogP contribution is -2.22. The Morgan fingerprint density at radius 2 is 1.75 bits per heavy atom. The zero-order valence-corrected chi connectivity index (χ0v) is 17.6. The molecule has 0 saturated carbocycles. The summed E-state index contributed by atoms with van der Waals surface area (Å²) in [6.45, 7) is 1.63. The van der Waals surface area contributed by atoms with Crippen molar-refractivity contribution in [3.63, 3.8) is 0 Å². The number of imide groups is 1. The monoisotopic (exact) mass is 426 g/mol. The van der Waals surface area contributed by atoms with Crippen molar-refractivity contribution in [2.75, 3.05) is 7.11 Å². The Labute approximate surface area is 184 Å². The minimum atomic E-state index is -0.382. The van der Waals surface area contributed by atoms with Crippen LogP contribution in [0.15, 0.2) is 73.4 Å². The molecule has 32 heavy (non-hydrogen) atoms. The van der Waals surface area contributed by atoms with E-state index in [1.807, 2.05) is 41.2 Å². The van der Waals surface area contributed by atoms with Gasteiger partial charge in [-0.25, -0.2) is 4.98 Å². The van der Waals surface area contributed by atoms with Gasteiger partial charge in [0.25, 0.3) is 11.8 Å². The highest BCUT2D eigenvalue weighted by molar-refractivity contribution is 6.50. The van der Waals surface area contributed by atoms with Gasteiger partial charge in [-0.15, -0.1) is 0 Å². The van der Waals surface area contributed by atoms with E-state index in [4.69, 9.17) is 4.74 Å². The van der Waals surface area contributed by atoms with E-state index in [1.54, 1.807) is 43.9 Å². The van der Waals surface area contributed by atoms with Crippen molar-refractivity contribution in [2.24, 2.45) is 0 Å². The number of imidazole rings is 1. The maximum atomic E-state index is 12.9. The summed E-state index contributed by atoms with van der Waals surface area (Å²) in [5.74, 6) is -0.0654. The number of nitrogens with one attached hydrogen (secondary N) is 1. The molecule has 0 aliphatic carbocycles. The molecule has 2 amide bonds. The van der Waals surface area contributed by atoms with Gasteiger partial charge in [-0.1, -0.05) is 30.3 Å². The highest BCUT2D eigenvalue weighted by Crippen LogP contribution is 2.36. The third kappa shape index (κ3) is 3.47. The van der Waals surface area contributed by atoms with Crippen LogP contribution >= 0.6 is 0 Å². The molecule has 2 aromatic carbocycles. The summed E-state index contributed by atoms with van der Waals surface area (Å²) in [4.78, 5) is 29.7. The number of amides is 2. The molecule has 1 aliphatic rings. The summed E-state index contributed by atoms with van der Waals surface area (Å²) in [7, 11) is 1.59. The molecule has 1 aliphatic heterocycles. The molecule has 0 saturated heterocycles. The number of nitrogens with zero attached hydrogens (tertiary/aromatic N) is 3. The average molecular weight is 426 g/mol. The number of ether oxygens (including phenoxy) is 1. The van der Waals surface area contributed by atoms with Gasteiger partial charge in [0.2, 0.25) is 0 Å². The van der Waals surface area contributed by atoms with Crippen molar-refractivity contribution in [1.82, 2.24) is 19.4 Å². The number of hydrogen-bond donors (Lipinski definition) is 1. The number of rotatable bonds is 7. The van der Waals surface area contributed by atoms with Gasteiger partial charge >= 0.3 is 0 Å². The van der Waals surface area contributed by atoms with Crippen LogP contribution in [0.3, 0.4) is 0 Å². The van der Waals surface area contributed by atoms with E-state index in [2.05, 4.69) is 14.9 Å². The molecule has 0 unspecified atom stereocenters. The lowest BCUT2D eigenvalue weighted by Gasteiger charge is -2.06. The van der Waals surface area contributed by atoms with Crippen molar-refractivity contribution in [3.05, 3.63) is 84.6 Å². The molecule has 160 valence electrons. The van der Waals surface area contributed by atoms with Gasteiger partial charge in [0, 0.05) is 48.1 Å². The highest BCUT2D eigenvalue weighted by Gasteiger charge is 2.33. The second kappa shape index (κ2) is 8.19. The predicted molar refractivity (Wildman–Crippen MR) is 122 cm³/mol. The minimum Gasteiger partial charge on any atom is -0.497 e. The third-order valence-electron chi connectivity index (χ3n) is 5.74. The van der Waals surface area contributed by atoms with Crippen molar-refractivity contribution in [2.45, 2.75) is 19.5 Å². The minimum absolute atomic E-state index is 0.373. The van der Waals surface area contributed by atoms with E-state index in [-0.39, 0.29) is 11.8 Å². The molecular weight excluding hydrogens is 404 g/mol.